The molecule has 0 unspecified atom stereocenters. The summed E-state index contributed by atoms with van der Waals surface area (Å²) >= 11 is 0. The molecule has 0 aromatic carbocycles. The molecule has 1 aromatic heterocycles. The minimum Gasteiger partial charge on any atom is -0.480 e. The van der Waals surface area contributed by atoms with Crippen molar-refractivity contribution in [2.45, 2.75) is 26.3 Å². The molecule has 0 bridgehead atoms. The van der Waals surface area contributed by atoms with Gasteiger partial charge in [-0.1, -0.05) is 25.4 Å². The van der Waals surface area contributed by atoms with Gasteiger partial charge in [0.1, 0.15) is 12.3 Å². The summed E-state index contributed by atoms with van der Waals surface area (Å²) in [5, 5.41) is 14.8. The molecule has 0 radical (unpaired) electrons. The topological polar surface area (TPSA) is 92.4 Å². The zero-order valence-electron chi connectivity index (χ0n) is 9.14. The number of carbonyl (C=O) groups excluding carboxylic acids is 1. The zero-order chi connectivity index (χ0) is 12.1. The fourth-order valence-electron chi connectivity index (χ4n) is 1.23. The quantitative estimate of drug-likeness (QED) is 0.778. The molecule has 0 saturated heterocycles. The van der Waals surface area contributed by atoms with Crippen molar-refractivity contribution in [3.63, 3.8) is 0 Å². The van der Waals surface area contributed by atoms with E-state index in [0.717, 1.165) is 0 Å². The predicted octanol–water partition coefficient (Wildman–Crippen LogP) is 0.904. The molecule has 16 heavy (non-hydrogen) atoms. The first-order valence-corrected chi connectivity index (χ1v) is 5.00. The van der Waals surface area contributed by atoms with Crippen LogP contribution in [-0.4, -0.2) is 28.2 Å². The number of hydrogen-bond donors (Lipinski definition) is 2. The number of rotatable bonds is 5. The highest BCUT2D eigenvalue weighted by Gasteiger charge is 2.26. The van der Waals surface area contributed by atoms with Gasteiger partial charge in [0.25, 0.3) is 5.91 Å². The number of carbonyl (C=O) groups is 2. The number of hydrogen-bond acceptors (Lipinski definition) is 4. The maximum Gasteiger partial charge on any atom is 0.326 e. The average Bonchev–Trinajstić information content (AvgIpc) is 2.77. The predicted molar refractivity (Wildman–Crippen MR) is 54.8 cm³/mol. The minimum atomic E-state index is -1.05. The second kappa shape index (κ2) is 5.29. The summed E-state index contributed by atoms with van der Waals surface area (Å²) in [6.45, 7) is 3.63. The van der Waals surface area contributed by atoms with Gasteiger partial charge in [-0.3, -0.25) is 4.79 Å². The lowest BCUT2D eigenvalue weighted by Crippen LogP contribution is -2.45. The maximum absolute atomic E-state index is 11.5. The minimum absolute atomic E-state index is 0.0783. The average molecular weight is 226 g/mol. The number of nitrogens with one attached hydrogen (secondary N) is 1. The maximum atomic E-state index is 11.5. The Hall–Kier alpha value is -1.85. The summed E-state index contributed by atoms with van der Waals surface area (Å²) in [7, 11) is 0. The monoisotopic (exact) mass is 226 g/mol. The van der Waals surface area contributed by atoms with E-state index in [1.54, 1.807) is 6.92 Å². The van der Waals surface area contributed by atoms with Crippen LogP contribution in [0.3, 0.4) is 0 Å². The molecule has 6 heteroatoms. The van der Waals surface area contributed by atoms with Crippen LogP contribution in [0.4, 0.5) is 0 Å². The highest BCUT2D eigenvalue weighted by atomic mass is 16.5. The van der Waals surface area contributed by atoms with Gasteiger partial charge in [0, 0.05) is 6.07 Å². The molecular weight excluding hydrogens is 212 g/mol. The first kappa shape index (κ1) is 12.2. The SMILES string of the molecule is CC[C@H](C)[C@H](NC(=O)c1ccon1)C(=O)O. The molecule has 1 aromatic rings. The normalized spacial score (nSPS) is 14.1. The fourth-order valence-corrected chi connectivity index (χ4v) is 1.23. The summed E-state index contributed by atoms with van der Waals surface area (Å²) in [6, 6.07) is 0.472. The van der Waals surface area contributed by atoms with Gasteiger partial charge in [0.15, 0.2) is 5.69 Å². The molecule has 88 valence electrons. The first-order valence-electron chi connectivity index (χ1n) is 5.00. The Bertz CT molecular complexity index is 361. The molecule has 0 aliphatic heterocycles. The molecule has 0 fully saturated rings. The Labute approximate surface area is 92.6 Å². The van der Waals surface area contributed by atoms with Gasteiger partial charge in [-0.05, 0) is 5.92 Å². The zero-order valence-corrected chi connectivity index (χ0v) is 9.14. The third kappa shape index (κ3) is 2.82. The molecular formula is C10H14N2O4. The van der Waals surface area contributed by atoms with Crippen LogP contribution in [0.2, 0.25) is 0 Å². The van der Waals surface area contributed by atoms with Gasteiger partial charge < -0.3 is 14.9 Å². The summed E-state index contributed by atoms with van der Waals surface area (Å²) in [5.74, 6) is -1.74. The van der Waals surface area contributed by atoms with E-state index in [2.05, 4.69) is 15.0 Å². The first-order chi connectivity index (χ1) is 7.56. The molecule has 0 aliphatic carbocycles. The summed E-state index contributed by atoms with van der Waals surface area (Å²) in [4.78, 5) is 22.5. The smallest absolute Gasteiger partial charge is 0.326 e. The van der Waals surface area contributed by atoms with Crippen LogP contribution in [0.25, 0.3) is 0 Å². The van der Waals surface area contributed by atoms with Crippen LogP contribution in [0.15, 0.2) is 16.9 Å². The van der Waals surface area contributed by atoms with Crippen molar-refractivity contribution in [1.29, 1.82) is 0 Å². The number of carboxylic acids is 1. The number of amides is 1. The van der Waals surface area contributed by atoms with E-state index in [1.807, 2.05) is 6.92 Å². The molecule has 0 spiro atoms. The van der Waals surface area contributed by atoms with Gasteiger partial charge in [0.05, 0.1) is 0 Å². The largest absolute Gasteiger partial charge is 0.480 e. The van der Waals surface area contributed by atoms with Gasteiger partial charge >= 0.3 is 5.97 Å². The highest BCUT2D eigenvalue weighted by molar-refractivity contribution is 5.94. The van der Waals surface area contributed by atoms with Crippen molar-refractivity contribution in [2.75, 3.05) is 0 Å². The lowest BCUT2D eigenvalue weighted by Gasteiger charge is -2.19. The van der Waals surface area contributed by atoms with Crippen molar-refractivity contribution in [3.8, 4) is 0 Å². The van der Waals surface area contributed by atoms with Crippen LogP contribution < -0.4 is 5.32 Å². The van der Waals surface area contributed by atoms with Crippen molar-refractivity contribution < 1.29 is 19.2 Å². The second-order valence-electron chi connectivity index (χ2n) is 3.56. The molecule has 2 N–H and O–H groups in total. The van der Waals surface area contributed by atoms with Crippen LogP contribution in [0.5, 0.6) is 0 Å². The van der Waals surface area contributed by atoms with Gasteiger partial charge in [-0.2, -0.15) is 0 Å². The van der Waals surface area contributed by atoms with Gasteiger partial charge in [0.2, 0.25) is 0 Å². The summed E-state index contributed by atoms with van der Waals surface area (Å²) in [5.41, 5.74) is 0.0783. The Morgan fingerprint density at radius 1 is 1.62 bits per heavy atom. The van der Waals surface area contributed by atoms with Crippen molar-refractivity contribution in [2.24, 2.45) is 5.92 Å². The fraction of sp³-hybridized carbons (Fsp3) is 0.500. The molecule has 2 atom stereocenters. The van der Waals surface area contributed by atoms with Crippen molar-refractivity contribution in [1.82, 2.24) is 10.5 Å². The molecule has 0 aliphatic rings. The van der Waals surface area contributed by atoms with E-state index in [1.165, 1.54) is 12.3 Å². The van der Waals surface area contributed by atoms with Crippen molar-refractivity contribution in [3.05, 3.63) is 18.0 Å². The molecule has 1 amide bonds. The Kier molecular flexibility index (Phi) is 4.04. The van der Waals surface area contributed by atoms with Crippen LogP contribution in [0, 0.1) is 5.92 Å². The lowest BCUT2D eigenvalue weighted by molar-refractivity contribution is -0.140. The van der Waals surface area contributed by atoms with E-state index in [-0.39, 0.29) is 11.6 Å². The third-order valence-electron chi connectivity index (χ3n) is 2.44. The standard InChI is InChI=1S/C10H14N2O4/c1-3-6(2)8(10(14)15)11-9(13)7-4-5-16-12-7/h4-6,8H,3H2,1-2H3,(H,11,13)(H,14,15)/t6-,8-/m0/s1. The number of carboxylic acid groups (broad SMARTS) is 1. The molecule has 0 saturated carbocycles. The molecule has 1 heterocycles. The van der Waals surface area contributed by atoms with Crippen molar-refractivity contribution >= 4 is 11.9 Å². The Morgan fingerprint density at radius 2 is 2.31 bits per heavy atom. The second-order valence-corrected chi connectivity index (χ2v) is 3.56. The summed E-state index contributed by atoms with van der Waals surface area (Å²) in [6.07, 6.45) is 1.92. The van der Waals surface area contributed by atoms with Crippen LogP contribution in [-0.2, 0) is 4.79 Å². The highest BCUT2D eigenvalue weighted by Crippen LogP contribution is 2.08. The van der Waals surface area contributed by atoms with Gasteiger partial charge in [-0.15, -0.1) is 0 Å². The van der Waals surface area contributed by atoms with Gasteiger partial charge in [-0.25, -0.2) is 4.79 Å². The van der Waals surface area contributed by atoms with E-state index < -0.39 is 17.9 Å². The molecule has 1 rings (SSSR count). The third-order valence-corrected chi connectivity index (χ3v) is 2.44. The number of nitrogens with zero attached hydrogens (tertiary/aromatic N) is 1. The lowest BCUT2D eigenvalue weighted by atomic mass is 9.99. The number of aliphatic carboxylic acids is 1. The molecule has 6 nitrogen and oxygen atoms in total. The Morgan fingerprint density at radius 3 is 2.75 bits per heavy atom. The number of aromatic nitrogens is 1. The van der Waals surface area contributed by atoms with E-state index in [9.17, 15) is 9.59 Å². The van der Waals surface area contributed by atoms with Crippen LogP contribution >= 0.6 is 0 Å². The van der Waals surface area contributed by atoms with E-state index >= 15 is 0 Å². The van der Waals surface area contributed by atoms with E-state index in [4.69, 9.17) is 5.11 Å². The van der Waals surface area contributed by atoms with Crippen LogP contribution in [0.1, 0.15) is 30.8 Å². The summed E-state index contributed by atoms with van der Waals surface area (Å²) < 4.78 is 4.51. The Balaban J connectivity index is 2.69. The van der Waals surface area contributed by atoms with E-state index in [0.29, 0.717) is 6.42 Å².